The topological polar surface area (TPSA) is 12.0 Å². The summed E-state index contributed by atoms with van der Waals surface area (Å²) >= 11 is 0. The lowest BCUT2D eigenvalue weighted by molar-refractivity contribution is 0.323. The number of benzene rings is 2. The van der Waals surface area contributed by atoms with Gasteiger partial charge in [-0.1, -0.05) is 54.6 Å². The van der Waals surface area contributed by atoms with Gasteiger partial charge in [0.05, 0.1) is 0 Å². The maximum Gasteiger partial charge on any atom is -0.00115 e. The van der Waals surface area contributed by atoms with Crippen LogP contribution in [0.4, 0.5) is 0 Å². The van der Waals surface area contributed by atoms with E-state index < -0.39 is 0 Å². The standard InChI is InChI=1S/C19H23N/c1-15-7-5-6-10-18(15)19-11-12-20-14-17(19)13-16-8-3-2-4-9-16/h2-10,17,19-20H,11-14H2,1H3. The van der Waals surface area contributed by atoms with Crippen molar-refractivity contribution in [3.63, 3.8) is 0 Å². The van der Waals surface area contributed by atoms with E-state index in [0.717, 1.165) is 13.1 Å². The molecule has 2 atom stereocenters. The highest BCUT2D eigenvalue weighted by Crippen LogP contribution is 2.34. The predicted octanol–water partition coefficient (Wildman–Crippen LogP) is 3.93. The monoisotopic (exact) mass is 265 g/mol. The lowest BCUT2D eigenvalue weighted by atomic mass is 9.77. The van der Waals surface area contributed by atoms with Gasteiger partial charge < -0.3 is 5.32 Å². The third-order valence-electron chi connectivity index (χ3n) is 4.54. The van der Waals surface area contributed by atoms with Crippen molar-refractivity contribution in [1.29, 1.82) is 0 Å². The van der Waals surface area contributed by atoms with Crippen molar-refractivity contribution in [2.24, 2.45) is 5.92 Å². The van der Waals surface area contributed by atoms with Crippen LogP contribution in [0.3, 0.4) is 0 Å². The average Bonchev–Trinajstić information content (AvgIpc) is 2.50. The summed E-state index contributed by atoms with van der Waals surface area (Å²) in [5.74, 6) is 1.39. The number of rotatable bonds is 3. The zero-order chi connectivity index (χ0) is 13.8. The Kier molecular flexibility index (Phi) is 4.17. The van der Waals surface area contributed by atoms with E-state index in [4.69, 9.17) is 0 Å². The van der Waals surface area contributed by atoms with Gasteiger partial charge in [-0.2, -0.15) is 0 Å². The summed E-state index contributed by atoms with van der Waals surface area (Å²) in [6.45, 7) is 4.52. The van der Waals surface area contributed by atoms with Crippen LogP contribution in [0.1, 0.15) is 29.0 Å². The molecule has 1 nitrogen and oxygen atoms in total. The second-order valence-corrected chi connectivity index (χ2v) is 5.91. The van der Waals surface area contributed by atoms with E-state index in [2.05, 4.69) is 66.8 Å². The summed E-state index contributed by atoms with van der Waals surface area (Å²) in [5, 5.41) is 3.57. The molecule has 2 unspecified atom stereocenters. The van der Waals surface area contributed by atoms with Gasteiger partial charge in [0.2, 0.25) is 0 Å². The SMILES string of the molecule is Cc1ccccc1C1CCNCC1Cc1ccccc1. The van der Waals surface area contributed by atoms with Crippen molar-refractivity contribution in [2.75, 3.05) is 13.1 Å². The van der Waals surface area contributed by atoms with Crippen molar-refractivity contribution >= 4 is 0 Å². The van der Waals surface area contributed by atoms with Gasteiger partial charge in [-0.25, -0.2) is 0 Å². The molecule has 0 aliphatic carbocycles. The van der Waals surface area contributed by atoms with Gasteiger partial charge in [-0.3, -0.25) is 0 Å². The Hall–Kier alpha value is -1.60. The average molecular weight is 265 g/mol. The summed E-state index contributed by atoms with van der Waals surface area (Å²) in [4.78, 5) is 0. The highest BCUT2D eigenvalue weighted by atomic mass is 14.9. The van der Waals surface area contributed by atoms with E-state index in [-0.39, 0.29) is 0 Å². The van der Waals surface area contributed by atoms with Crippen molar-refractivity contribution in [3.8, 4) is 0 Å². The summed E-state index contributed by atoms with van der Waals surface area (Å²) in [7, 11) is 0. The van der Waals surface area contributed by atoms with E-state index >= 15 is 0 Å². The van der Waals surface area contributed by atoms with Gasteiger partial charge in [-0.15, -0.1) is 0 Å². The van der Waals surface area contributed by atoms with Gasteiger partial charge in [0, 0.05) is 0 Å². The van der Waals surface area contributed by atoms with Crippen molar-refractivity contribution in [2.45, 2.75) is 25.7 Å². The van der Waals surface area contributed by atoms with Crippen LogP contribution in [-0.2, 0) is 6.42 Å². The van der Waals surface area contributed by atoms with E-state index in [1.165, 1.54) is 24.0 Å². The normalized spacial score (nSPS) is 22.6. The summed E-state index contributed by atoms with van der Waals surface area (Å²) in [6, 6.07) is 19.8. The Morgan fingerprint density at radius 3 is 2.55 bits per heavy atom. The number of nitrogens with one attached hydrogen (secondary N) is 1. The van der Waals surface area contributed by atoms with E-state index in [0.29, 0.717) is 11.8 Å². The molecule has 1 aliphatic heterocycles. The highest BCUT2D eigenvalue weighted by Gasteiger charge is 2.27. The molecule has 104 valence electrons. The first kappa shape index (κ1) is 13.4. The Labute approximate surface area is 122 Å². The molecule has 0 spiro atoms. The zero-order valence-electron chi connectivity index (χ0n) is 12.2. The molecule has 1 heterocycles. The maximum atomic E-state index is 3.57. The molecule has 1 saturated heterocycles. The Balaban J connectivity index is 1.83. The first-order valence-electron chi connectivity index (χ1n) is 7.65. The van der Waals surface area contributed by atoms with Crippen LogP contribution in [0.15, 0.2) is 54.6 Å². The quantitative estimate of drug-likeness (QED) is 0.886. The van der Waals surface area contributed by atoms with Crippen LogP contribution < -0.4 is 5.32 Å². The first-order valence-corrected chi connectivity index (χ1v) is 7.65. The Morgan fingerprint density at radius 1 is 1.00 bits per heavy atom. The van der Waals surface area contributed by atoms with Gasteiger partial charge >= 0.3 is 0 Å². The third kappa shape index (κ3) is 2.94. The summed E-state index contributed by atoms with van der Waals surface area (Å²) in [5.41, 5.74) is 4.45. The van der Waals surface area contributed by atoms with Crippen LogP contribution >= 0.6 is 0 Å². The Morgan fingerprint density at radius 2 is 1.75 bits per heavy atom. The molecule has 20 heavy (non-hydrogen) atoms. The molecule has 1 fully saturated rings. The number of hydrogen-bond acceptors (Lipinski definition) is 1. The molecule has 1 heteroatoms. The van der Waals surface area contributed by atoms with Crippen LogP contribution in [0.5, 0.6) is 0 Å². The fraction of sp³-hybridized carbons (Fsp3) is 0.368. The van der Waals surface area contributed by atoms with Gasteiger partial charge in [0.15, 0.2) is 0 Å². The highest BCUT2D eigenvalue weighted by molar-refractivity contribution is 5.31. The number of hydrogen-bond donors (Lipinski definition) is 1. The van der Waals surface area contributed by atoms with Crippen molar-refractivity contribution in [1.82, 2.24) is 5.32 Å². The van der Waals surface area contributed by atoms with Gasteiger partial charge in [0.1, 0.15) is 0 Å². The second kappa shape index (κ2) is 6.23. The smallest absolute Gasteiger partial charge is 0.00115 e. The molecular weight excluding hydrogens is 242 g/mol. The minimum absolute atomic E-state index is 0.692. The van der Waals surface area contributed by atoms with Crippen molar-refractivity contribution in [3.05, 3.63) is 71.3 Å². The fourth-order valence-corrected chi connectivity index (χ4v) is 3.47. The molecule has 1 N–H and O–H groups in total. The van der Waals surface area contributed by atoms with Crippen LogP contribution in [-0.4, -0.2) is 13.1 Å². The number of piperidine rings is 1. The van der Waals surface area contributed by atoms with Crippen LogP contribution in [0.2, 0.25) is 0 Å². The molecule has 3 rings (SSSR count). The maximum absolute atomic E-state index is 3.57. The van der Waals surface area contributed by atoms with Crippen LogP contribution in [0.25, 0.3) is 0 Å². The summed E-state index contributed by atoms with van der Waals surface area (Å²) in [6.07, 6.45) is 2.43. The van der Waals surface area contributed by atoms with E-state index in [9.17, 15) is 0 Å². The molecule has 0 radical (unpaired) electrons. The zero-order valence-corrected chi connectivity index (χ0v) is 12.2. The molecule has 0 amide bonds. The minimum atomic E-state index is 0.692. The first-order chi connectivity index (χ1) is 9.84. The van der Waals surface area contributed by atoms with E-state index in [1.54, 1.807) is 5.56 Å². The molecular formula is C19H23N. The molecule has 0 aromatic heterocycles. The fourth-order valence-electron chi connectivity index (χ4n) is 3.47. The molecule has 0 bridgehead atoms. The largest absolute Gasteiger partial charge is 0.316 e. The minimum Gasteiger partial charge on any atom is -0.316 e. The summed E-state index contributed by atoms with van der Waals surface area (Å²) < 4.78 is 0. The van der Waals surface area contributed by atoms with Gasteiger partial charge in [-0.05, 0) is 61.4 Å². The number of aryl methyl sites for hydroxylation is 1. The van der Waals surface area contributed by atoms with E-state index in [1.807, 2.05) is 0 Å². The predicted molar refractivity (Wildman–Crippen MR) is 85.0 cm³/mol. The van der Waals surface area contributed by atoms with Crippen LogP contribution in [0, 0.1) is 12.8 Å². The molecule has 2 aromatic carbocycles. The molecule has 1 aliphatic rings. The van der Waals surface area contributed by atoms with Crippen molar-refractivity contribution < 1.29 is 0 Å². The second-order valence-electron chi connectivity index (χ2n) is 5.91. The molecule has 0 saturated carbocycles. The van der Waals surface area contributed by atoms with Gasteiger partial charge in [0.25, 0.3) is 0 Å². The lowest BCUT2D eigenvalue weighted by Crippen LogP contribution is -2.36. The Bertz CT molecular complexity index is 547. The molecule has 2 aromatic rings. The lowest BCUT2D eigenvalue weighted by Gasteiger charge is -2.33. The third-order valence-corrected chi connectivity index (χ3v) is 4.54.